The molecule has 2 rings (SSSR count). The molecule has 0 amide bonds. The second-order valence-electron chi connectivity index (χ2n) is 10.4. The van der Waals surface area contributed by atoms with Gasteiger partial charge >= 0.3 is 0 Å². The Hall–Kier alpha value is -1.34. The molecule has 0 aliphatic heterocycles. The van der Waals surface area contributed by atoms with Crippen molar-refractivity contribution in [1.29, 1.82) is 0 Å². The Balaban J connectivity index is 1.73. The number of rotatable bonds is 20. The van der Waals surface area contributed by atoms with Gasteiger partial charge < -0.3 is 0 Å². The summed E-state index contributed by atoms with van der Waals surface area (Å²) in [6.45, 7) is 10.9. The smallest absolute Gasteiger partial charge is 0.140 e. The molecule has 0 heterocycles. The first-order chi connectivity index (χ1) is 16.3. The maximum atomic E-state index is 2.41. The maximum Gasteiger partial charge on any atom is 0.140 e. The summed E-state index contributed by atoms with van der Waals surface area (Å²) >= 11 is 0. The molecule has 2 aromatic carbocycles. The lowest BCUT2D eigenvalue weighted by Crippen LogP contribution is -2.51. The average molecular weight is 453 g/mol. The van der Waals surface area contributed by atoms with Gasteiger partial charge in [-0.1, -0.05) is 128 Å². The molecular weight excluding hydrogens is 398 g/mol. The fourth-order valence-corrected chi connectivity index (χ4v) is 5.78. The zero-order chi connectivity index (χ0) is 23.6. The van der Waals surface area contributed by atoms with Gasteiger partial charge in [0.1, 0.15) is 5.69 Å². The zero-order valence-electron chi connectivity index (χ0n) is 22.4. The molecule has 33 heavy (non-hydrogen) atoms. The molecule has 0 unspecified atom stereocenters. The molecular formula is C32H54N+. The molecule has 1 heteroatoms. The third-order valence-electron chi connectivity index (χ3n) is 7.52. The molecule has 186 valence electrons. The largest absolute Gasteiger partial charge is 0.291 e. The summed E-state index contributed by atoms with van der Waals surface area (Å²) in [7, 11) is 0. The van der Waals surface area contributed by atoms with E-state index in [0.29, 0.717) is 0 Å². The van der Waals surface area contributed by atoms with Gasteiger partial charge in [-0.05, 0) is 43.2 Å². The van der Waals surface area contributed by atoms with Crippen LogP contribution < -0.4 is 4.48 Å². The van der Waals surface area contributed by atoms with Crippen molar-refractivity contribution in [2.45, 2.75) is 124 Å². The number of unbranched alkanes of at least 4 members (excludes halogenated alkanes) is 13. The Morgan fingerprint density at radius 3 is 1.48 bits per heavy atom. The minimum absolute atomic E-state index is 1.17. The molecule has 0 saturated carbocycles. The highest BCUT2D eigenvalue weighted by Crippen LogP contribution is 2.33. The monoisotopic (exact) mass is 452 g/mol. The summed E-state index contributed by atoms with van der Waals surface area (Å²) in [5.74, 6) is 0. The van der Waals surface area contributed by atoms with E-state index in [0.717, 1.165) is 0 Å². The van der Waals surface area contributed by atoms with Gasteiger partial charge in [0, 0.05) is 5.39 Å². The molecule has 0 N–H and O–H groups in total. The third-order valence-corrected chi connectivity index (χ3v) is 7.52. The van der Waals surface area contributed by atoms with E-state index in [1.54, 1.807) is 5.69 Å². The van der Waals surface area contributed by atoms with E-state index in [4.69, 9.17) is 0 Å². The molecule has 2 aromatic rings. The van der Waals surface area contributed by atoms with Gasteiger partial charge in [-0.3, -0.25) is 4.48 Å². The van der Waals surface area contributed by atoms with E-state index >= 15 is 0 Å². The topological polar surface area (TPSA) is 0 Å². The fraction of sp³-hybridized carbons (Fsp3) is 0.688. The summed E-state index contributed by atoms with van der Waals surface area (Å²) in [4.78, 5) is 0. The van der Waals surface area contributed by atoms with Crippen LogP contribution >= 0.6 is 0 Å². The molecule has 0 atom stereocenters. The van der Waals surface area contributed by atoms with E-state index in [-0.39, 0.29) is 0 Å². The summed E-state index contributed by atoms with van der Waals surface area (Å²) in [5, 5.41) is 2.86. The first kappa shape index (κ1) is 27.9. The first-order valence-electron chi connectivity index (χ1n) is 14.6. The normalized spacial score (nSPS) is 12.0. The third kappa shape index (κ3) is 9.81. The van der Waals surface area contributed by atoms with Crippen LogP contribution in [0.5, 0.6) is 0 Å². The lowest BCUT2D eigenvalue weighted by atomic mass is 10.0. The fourth-order valence-electron chi connectivity index (χ4n) is 5.78. The van der Waals surface area contributed by atoms with Crippen molar-refractivity contribution in [3.8, 4) is 0 Å². The number of hydrogen-bond acceptors (Lipinski definition) is 0. The maximum absolute atomic E-state index is 2.41. The van der Waals surface area contributed by atoms with E-state index in [1.807, 2.05) is 0 Å². The summed E-state index contributed by atoms with van der Waals surface area (Å²) in [5.41, 5.74) is 1.56. The molecule has 0 aliphatic rings. The Bertz CT molecular complexity index is 723. The van der Waals surface area contributed by atoms with Crippen molar-refractivity contribution in [1.82, 2.24) is 4.48 Å². The van der Waals surface area contributed by atoms with E-state index in [1.165, 1.54) is 138 Å². The summed E-state index contributed by atoms with van der Waals surface area (Å²) < 4.78 is 1.17. The molecule has 0 fully saturated rings. The van der Waals surface area contributed by atoms with Crippen LogP contribution in [0.3, 0.4) is 0 Å². The van der Waals surface area contributed by atoms with Crippen LogP contribution in [0.1, 0.15) is 124 Å². The first-order valence-corrected chi connectivity index (χ1v) is 14.6. The van der Waals surface area contributed by atoms with Crippen molar-refractivity contribution < 1.29 is 0 Å². The van der Waals surface area contributed by atoms with Crippen LogP contribution in [0.25, 0.3) is 10.8 Å². The lowest BCUT2D eigenvalue weighted by molar-refractivity contribution is 0.267. The Morgan fingerprint density at radius 1 is 0.455 bits per heavy atom. The Labute approximate surface area is 206 Å². The average Bonchev–Trinajstić information content (AvgIpc) is 2.84. The van der Waals surface area contributed by atoms with Crippen LogP contribution in [-0.4, -0.2) is 19.6 Å². The van der Waals surface area contributed by atoms with Crippen molar-refractivity contribution >= 4 is 16.5 Å². The van der Waals surface area contributed by atoms with Crippen LogP contribution in [-0.2, 0) is 0 Å². The van der Waals surface area contributed by atoms with Gasteiger partial charge in [-0.25, -0.2) is 0 Å². The summed E-state index contributed by atoms with van der Waals surface area (Å²) in [6, 6.07) is 16.0. The second kappa shape index (κ2) is 17.1. The Kier molecular flexibility index (Phi) is 14.5. The number of nitrogens with zero attached hydrogens (tertiary/aromatic N) is 1. The summed E-state index contributed by atoms with van der Waals surface area (Å²) in [6.07, 6.45) is 22.6. The van der Waals surface area contributed by atoms with Gasteiger partial charge in [0.05, 0.1) is 19.6 Å². The van der Waals surface area contributed by atoms with Gasteiger partial charge in [0.2, 0.25) is 0 Å². The number of benzene rings is 2. The van der Waals surface area contributed by atoms with Crippen molar-refractivity contribution in [3.63, 3.8) is 0 Å². The van der Waals surface area contributed by atoms with Gasteiger partial charge in [0.15, 0.2) is 0 Å². The second-order valence-corrected chi connectivity index (χ2v) is 10.4. The number of fused-ring (bicyclic) bond motifs is 1. The van der Waals surface area contributed by atoms with Crippen molar-refractivity contribution in [2.24, 2.45) is 0 Å². The van der Waals surface area contributed by atoms with Gasteiger partial charge in [-0.2, -0.15) is 0 Å². The van der Waals surface area contributed by atoms with Crippen LogP contribution in [0.15, 0.2) is 42.5 Å². The minimum atomic E-state index is 1.17. The molecule has 0 bridgehead atoms. The number of quaternary nitrogens is 1. The van der Waals surface area contributed by atoms with Crippen molar-refractivity contribution in [2.75, 3.05) is 19.6 Å². The molecule has 1 nitrogen and oxygen atoms in total. The molecule has 0 aliphatic carbocycles. The predicted molar refractivity (Wildman–Crippen MR) is 151 cm³/mol. The van der Waals surface area contributed by atoms with Crippen LogP contribution in [0.4, 0.5) is 5.69 Å². The van der Waals surface area contributed by atoms with Crippen LogP contribution in [0, 0.1) is 0 Å². The highest BCUT2D eigenvalue weighted by atomic mass is 15.4. The van der Waals surface area contributed by atoms with E-state index < -0.39 is 0 Å². The molecule has 0 aromatic heterocycles. The highest BCUT2D eigenvalue weighted by molar-refractivity contribution is 5.93. The van der Waals surface area contributed by atoms with Gasteiger partial charge in [0.25, 0.3) is 0 Å². The zero-order valence-corrected chi connectivity index (χ0v) is 22.4. The van der Waals surface area contributed by atoms with Gasteiger partial charge in [-0.15, -0.1) is 0 Å². The predicted octanol–water partition coefficient (Wildman–Crippen LogP) is 10.4. The molecule has 0 spiro atoms. The number of hydrogen-bond donors (Lipinski definition) is 0. The Morgan fingerprint density at radius 2 is 0.939 bits per heavy atom. The quantitative estimate of drug-likeness (QED) is 0.138. The highest BCUT2D eigenvalue weighted by Gasteiger charge is 2.29. The minimum Gasteiger partial charge on any atom is -0.291 e. The molecule has 0 radical (unpaired) electrons. The van der Waals surface area contributed by atoms with Crippen molar-refractivity contribution in [3.05, 3.63) is 42.5 Å². The standard InChI is InChI=1S/C32H54N/c1-4-7-8-9-10-11-12-13-14-15-16-17-18-21-29-33(27-5-2,28-6-3)32-26-22-24-30-23-19-20-25-31(30)32/h19-20,22-26H,4-18,21,27-29H2,1-3H3/q+1. The van der Waals surface area contributed by atoms with E-state index in [2.05, 4.69) is 63.2 Å². The van der Waals surface area contributed by atoms with Crippen LogP contribution in [0.2, 0.25) is 0 Å². The SMILES string of the molecule is CCCCCCCCCCCCCCCC[N+](CCC)(CCC)c1cccc2ccccc12. The lowest BCUT2D eigenvalue weighted by Gasteiger charge is -2.39. The molecule has 0 saturated heterocycles. The van der Waals surface area contributed by atoms with E-state index in [9.17, 15) is 0 Å².